The van der Waals surface area contributed by atoms with Crippen LogP contribution in [0.4, 0.5) is 0 Å². The zero-order chi connectivity index (χ0) is 12.5. The lowest BCUT2D eigenvalue weighted by molar-refractivity contribution is 0.288. The lowest BCUT2D eigenvalue weighted by Crippen LogP contribution is -2.38. The second-order valence-electron chi connectivity index (χ2n) is 4.71. The smallest absolute Gasteiger partial charge is 0.111 e. The first kappa shape index (κ1) is 17.9. The van der Waals surface area contributed by atoms with Gasteiger partial charge in [-0.1, -0.05) is 29.3 Å². The molecule has 0 atom stereocenters. The topological polar surface area (TPSA) is 27.6 Å². The lowest BCUT2D eigenvalue weighted by atomic mass is 10.00. The van der Waals surface area contributed by atoms with Gasteiger partial charge in [-0.15, -0.1) is 24.8 Å². The summed E-state index contributed by atoms with van der Waals surface area (Å²) in [6.07, 6.45) is 0.960. The van der Waals surface area contributed by atoms with Crippen LogP contribution in [0.1, 0.15) is 11.1 Å². The van der Waals surface area contributed by atoms with Crippen molar-refractivity contribution in [3.8, 4) is 0 Å². The number of fused-ring (bicyclic) bond motifs is 1. The maximum absolute atomic E-state index is 6.24. The number of nitrogens with zero attached hydrogens (tertiary/aromatic N) is 2. The number of aliphatic imine (C=N–C) groups is 1. The van der Waals surface area contributed by atoms with Crippen LogP contribution in [-0.4, -0.2) is 36.9 Å². The number of halogens is 4. The molecule has 3 nitrogen and oxygen atoms in total. The molecule has 0 unspecified atom stereocenters. The van der Waals surface area contributed by atoms with Crippen molar-refractivity contribution >= 4 is 53.9 Å². The summed E-state index contributed by atoms with van der Waals surface area (Å²) in [5.41, 5.74) is 2.50. The molecule has 0 aliphatic carbocycles. The summed E-state index contributed by atoms with van der Waals surface area (Å²) in [5, 5.41) is 4.69. The van der Waals surface area contributed by atoms with E-state index >= 15 is 0 Å². The molecule has 0 saturated carbocycles. The summed E-state index contributed by atoms with van der Waals surface area (Å²) in [6.45, 7) is 4.71. The van der Waals surface area contributed by atoms with E-state index in [9.17, 15) is 0 Å². The zero-order valence-corrected chi connectivity index (χ0v) is 14.0. The molecular formula is C13H17Cl4N3. The Bertz CT molecular complexity index is 505. The second-order valence-corrected chi connectivity index (χ2v) is 5.50. The molecule has 2 heterocycles. The Balaban J connectivity index is 0.000001000. The van der Waals surface area contributed by atoms with Gasteiger partial charge in [-0.25, -0.2) is 0 Å². The third kappa shape index (κ3) is 3.71. The largest absolute Gasteiger partial charge is 0.371 e. The van der Waals surface area contributed by atoms with Crippen molar-refractivity contribution in [3.05, 3.63) is 33.3 Å². The Morgan fingerprint density at radius 1 is 1.25 bits per heavy atom. The van der Waals surface area contributed by atoms with E-state index in [2.05, 4.69) is 21.3 Å². The van der Waals surface area contributed by atoms with Gasteiger partial charge in [0.1, 0.15) is 5.84 Å². The first-order valence-electron chi connectivity index (χ1n) is 6.19. The molecule has 0 radical (unpaired) electrons. The fraction of sp³-hybridized carbons (Fsp3) is 0.462. The van der Waals surface area contributed by atoms with Gasteiger partial charge in [-0.2, -0.15) is 0 Å². The molecule has 0 saturated heterocycles. The van der Waals surface area contributed by atoms with Crippen LogP contribution < -0.4 is 5.32 Å². The van der Waals surface area contributed by atoms with E-state index in [0.717, 1.165) is 50.0 Å². The van der Waals surface area contributed by atoms with Crippen molar-refractivity contribution in [2.45, 2.75) is 13.0 Å². The van der Waals surface area contributed by atoms with E-state index in [-0.39, 0.29) is 24.8 Å². The Morgan fingerprint density at radius 3 is 2.75 bits per heavy atom. The molecule has 0 spiro atoms. The van der Waals surface area contributed by atoms with Gasteiger partial charge >= 0.3 is 0 Å². The highest BCUT2D eigenvalue weighted by Gasteiger charge is 2.21. The van der Waals surface area contributed by atoms with E-state index in [0.29, 0.717) is 5.02 Å². The standard InChI is InChI=1S/C13H15Cl2N3.2ClH/c14-11-2-1-9-7-18(6-3-10(9)13(11)15)8-12-16-4-5-17-12;;/h1-2H,3-8H2,(H,16,17);2*1H. The molecule has 0 aromatic heterocycles. The van der Waals surface area contributed by atoms with E-state index in [1.165, 1.54) is 11.1 Å². The van der Waals surface area contributed by atoms with Crippen LogP contribution in [0.25, 0.3) is 0 Å². The van der Waals surface area contributed by atoms with Crippen molar-refractivity contribution < 1.29 is 0 Å². The predicted molar refractivity (Wildman–Crippen MR) is 90.2 cm³/mol. The summed E-state index contributed by atoms with van der Waals surface area (Å²) < 4.78 is 0. The van der Waals surface area contributed by atoms with Gasteiger partial charge in [0.05, 0.1) is 23.1 Å². The molecule has 1 aromatic carbocycles. The molecule has 2 aliphatic heterocycles. The first-order valence-corrected chi connectivity index (χ1v) is 6.95. The third-order valence-electron chi connectivity index (χ3n) is 3.48. The van der Waals surface area contributed by atoms with Crippen molar-refractivity contribution in [1.29, 1.82) is 0 Å². The van der Waals surface area contributed by atoms with E-state index in [1.807, 2.05) is 6.07 Å². The van der Waals surface area contributed by atoms with Crippen LogP contribution >= 0.6 is 48.0 Å². The predicted octanol–water partition coefficient (Wildman–Crippen LogP) is 3.20. The van der Waals surface area contributed by atoms with Gasteiger partial charge in [0.2, 0.25) is 0 Å². The number of benzene rings is 1. The highest BCUT2D eigenvalue weighted by Crippen LogP contribution is 2.31. The maximum Gasteiger partial charge on any atom is 0.111 e. The maximum atomic E-state index is 6.24. The Hall–Kier alpha value is -0.190. The van der Waals surface area contributed by atoms with Crippen LogP contribution in [0.2, 0.25) is 10.0 Å². The SMILES string of the molecule is Cl.Cl.Clc1ccc2c(c1Cl)CCN(CC1=NCCN1)C2. The van der Waals surface area contributed by atoms with Gasteiger partial charge in [-0.05, 0) is 23.6 Å². The summed E-state index contributed by atoms with van der Waals surface area (Å²) in [6, 6.07) is 3.97. The van der Waals surface area contributed by atoms with Gasteiger partial charge in [0.15, 0.2) is 0 Å². The summed E-state index contributed by atoms with van der Waals surface area (Å²) in [4.78, 5) is 6.83. The van der Waals surface area contributed by atoms with Crippen molar-refractivity contribution in [2.24, 2.45) is 4.99 Å². The van der Waals surface area contributed by atoms with E-state index in [4.69, 9.17) is 23.2 Å². The van der Waals surface area contributed by atoms with Crippen LogP contribution in [0.3, 0.4) is 0 Å². The van der Waals surface area contributed by atoms with E-state index < -0.39 is 0 Å². The average Bonchev–Trinajstić information content (AvgIpc) is 2.87. The Labute approximate surface area is 141 Å². The van der Waals surface area contributed by atoms with Gasteiger partial charge in [0, 0.05) is 19.6 Å². The minimum absolute atomic E-state index is 0. The second kappa shape index (κ2) is 7.71. The fourth-order valence-corrected chi connectivity index (χ4v) is 3.00. The summed E-state index contributed by atoms with van der Waals surface area (Å²) in [5.74, 6) is 1.11. The number of hydrogen-bond acceptors (Lipinski definition) is 3. The minimum Gasteiger partial charge on any atom is -0.371 e. The molecule has 1 aromatic rings. The molecule has 3 rings (SSSR count). The summed E-state index contributed by atoms with van der Waals surface area (Å²) >= 11 is 12.3. The minimum atomic E-state index is 0. The Morgan fingerprint density at radius 2 is 2.05 bits per heavy atom. The molecular weight excluding hydrogens is 340 g/mol. The monoisotopic (exact) mass is 355 g/mol. The first-order chi connectivity index (χ1) is 8.74. The molecule has 0 bridgehead atoms. The quantitative estimate of drug-likeness (QED) is 0.881. The third-order valence-corrected chi connectivity index (χ3v) is 4.33. The molecule has 7 heteroatoms. The molecule has 0 fully saturated rings. The van der Waals surface area contributed by atoms with Crippen molar-refractivity contribution in [3.63, 3.8) is 0 Å². The summed E-state index contributed by atoms with van der Waals surface area (Å²) in [7, 11) is 0. The number of hydrogen-bond donors (Lipinski definition) is 1. The van der Waals surface area contributed by atoms with Gasteiger partial charge in [-0.3, -0.25) is 9.89 Å². The average molecular weight is 357 g/mol. The molecule has 0 amide bonds. The molecule has 2 aliphatic rings. The van der Waals surface area contributed by atoms with Crippen molar-refractivity contribution in [1.82, 2.24) is 10.2 Å². The number of rotatable bonds is 2. The highest BCUT2D eigenvalue weighted by molar-refractivity contribution is 6.42. The lowest BCUT2D eigenvalue weighted by Gasteiger charge is -2.29. The van der Waals surface area contributed by atoms with Crippen LogP contribution in [0.5, 0.6) is 0 Å². The van der Waals surface area contributed by atoms with Crippen LogP contribution in [-0.2, 0) is 13.0 Å². The Kier molecular flexibility index (Phi) is 6.89. The zero-order valence-electron chi connectivity index (χ0n) is 10.9. The van der Waals surface area contributed by atoms with Crippen molar-refractivity contribution in [2.75, 3.05) is 26.2 Å². The molecule has 1 N–H and O–H groups in total. The van der Waals surface area contributed by atoms with Crippen LogP contribution in [0.15, 0.2) is 17.1 Å². The fourth-order valence-electron chi connectivity index (χ4n) is 2.54. The number of nitrogens with one attached hydrogen (secondary N) is 1. The van der Waals surface area contributed by atoms with Crippen LogP contribution in [0, 0.1) is 0 Å². The number of amidine groups is 1. The normalized spacial score (nSPS) is 17.4. The highest BCUT2D eigenvalue weighted by atomic mass is 35.5. The molecule has 20 heavy (non-hydrogen) atoms. The van der Waals surface area contributed by atoms with E-state index in [1.54, 1.807) is 0 Å². The van der Waals surface area contributed by atoms with Gasteiger partial charge in [0.25, 0.3) is 0 Å². The van der Waals surface area contributed by atoms with Gasteiger partial charge < -0.3 is 5.32 Å². The molecule has 112 valence electrons.